The van der Waals surface area contributed by atoms with Crippen LogP contribution in [0.2, 0.25) is 5.02 Å². The average molecular weight is 333 g/mol. The van der Waals surface area contributed by atoms with Crippen LogP contribution < -0.4 is 10.1 Å². The number of rotatable bonds is 7. The standard InChI is InChI=1S/C18H21ClN2O2/c1-21(2)11-12-23-15-9-7-14(8-10-15)13-20-18(22)16-5-3-4-6-17(16)19/h3-10H,11-13H2,1-2H3,(H,20,22). The van der Waals surface area contributed by atoms with E-state index >= 15 is 0 Å². The molecule has 0 aromatic heterocycles. The molecule has 0 heterocycles. The normalized spacial score (nSPS) is 10.6. The van der Waals surface area contributed by atoms with Gasteiger partial charge in [0.25, 0.3) is 5.91 Å². The molecule has 1 N–H and O–H groups in total. The lowest BCUT2D eigenvalue weighted by Crippen LogP contribution is -2.23. The number of halogens is 1. The van der Waals surface area contributed by atoms with E-state index in [1.54, 1.807) is 24.3 Å². The molecular formula is C18H21ClN2O2. The van der Waals surface area contributed by atoms with Crippen LogP contribution in [-0.2, 0) is 6.54 Å². The zero-order valence-electron chi connectivity index (χ0n) is 13.4. The van der Waals surface area contributed by atoms with E-state index in [4.69, 9.17) is 16.3 Å². The van der Waals surface area contributed by atoms with E-state index < -0.39 is 0 Å². The van der Waals surface area contributed by atoms with E-state index in [1.165, 1.54) is 0 Å². The molecule has 0 spiro atoms. The Morgan fingerprint density at radius 1 is 1.13 bits per heavy atom. The second kappa shape index (κ2) is 8.56. The number of hydrogen-bond acceptors (Lipinski definition) is 3. The van der Waals surface area contributed by atoms with Crippen LogP contribution in [0.25, 0.3) is 0 Å². The number of hydrogen-bond donors (Lipinski definition) is 1. The van der Waals surface area contributed by atoms with Gasteiger partial charge in [-0.15, -0.1) is 0 Å². The molecule has 0 fully saturated rings. The van der Waals surface area contributed by atoms with Crippen LogP contribution in [-0.4, -0.2) is 38.1 Å². The molecule has 0 aliphatic carbocycles. The highest BCUT2D eigenvalue weighted by atomic mass is 35.5. The fraction of sp³-hybridized carbons (Fsp3) is 0.278. The molecule has 0 aliphatic heterocycles. The highest BCUT2D eigenvalue weighted by Gasteiger charge is 2.08. The maximum atomic E-state index is 12.1. The summed E-state index contributed by atoms with van der Waals surface area (Å²) in [6, 6.07) is 14.7. The molecule has 0 aliphatic rings. The van der Waals surface area contributed by atoms with Crippen molar-refractivity contribution in [3.05, 3.63) is 64.7 Å². The van der Waals surface area contributed by atoms with E-state index in [-0.39, 0.29) is 5.91 Å². The minimum absolute atomic E-state index is 0.179. The summed E-state index contributed by atoms with van der Waals surface area (Å²) in [5.41, 5.74) is 1.49. The largest absolute Gasteiger partial charge is 0.492 e. The average Bonchev–Trinajstić information content (AvgIpc) is 2.54. The lowest BCUT2D eigenvalue weighted by atomic mass is 10.2. The number of carbonyl (C=O) groups is 1. The summed E-state index contributed by atoms with van der Waals surface area (Å²) < 4.78 is 5.64. The number of carbonyl (C=O) groups excluding carboxylic acids is 1. The first-order valence-electron chi connectivity index (χ1n) is 7.45. The van der Waals surface area contributed by atoms with Gasteiger partial charge >= 0.3 is 0 Å². The predicted octanol–water partition coefficient (Wildman–Crippen LogP) is 3.21. The number of ether oxygens (including phenoxy) is 1. The molecular weight excluding hydrogens is 312 g/mol. The summed E-state index contributed by atoms with van der Waals surface area (Å²) in [5.74, 6) is 0.648. The number of nitrogens with one attached hydrogen (secondary N) is 1. The third-order valence-corrected chi connectivity index (χ3v) is 3.63. The number of likely N-dealkylation sites (N-methyl/N-ethyl adjacent to an activating group) is 1. The van der Waals surface area contributed by atoms with Gasteiger partial charge in [-0.2, -0.15) is 0 Å². The summed E-state index contributed by atoms with van der Waals surface area (Å²) in [5, 5.41) is 3.32. The van der Waals surface area contributed by atoms with Crippen molar-refractivity contribution in [3.8, 4) is 5.75 Å². The second-order valence-electron chi connectivity index (χ2n) is 5.46. The maximum Gasteiger partial charge on any atom is 0.253 e. The molecule has 2 rings (SSSR count). The fourth-order valence-corrected chi connectivity index (χ4v) is 2.19. The van der Waals surface area contributed by atoms with Gasteiger partial charge in [0.2, 0.25) is 0 Å². The van der Waals surface area contributed by atoms with Crippen LogP contribution in [0.5, 0.6) is 5.75 Å². The third kappa shape index (κ3) is 5.58. The Balaban J connectivity index is 1.84. The van der Waals surface area contributed by atoms with Crippen molar-refractivity contribution in [1.82, 2.24) is 10.2 Å². The highest BCUT2D eigenvalue weighted by molar-refractivity contribution is 6.33. The maximum absolute atomic E-state index is 12.1. The molecule has 0 atom stereocenters. The summed E-state index contributed by atoms with van der Waals surface area (Å²) >= 11 is 6.01. The van der Waals surface area contributed by atoms with E-state index in [2.05, 4.69) is 10.2 Å². The molecule has 0 saturated carbocycles. The smallest absolute Gasteiger partial charge is 0.253 e. The monoisotopic (exact) mass is 332 g/mol. The summed E-state index contributed by atoms with van der Waals surface area (Å²) in [6.45, 7) is 1.97. The van der Waals surface area contributed by atoms with Crippen LogP contribution >= 0.6 is 11.6 Å². The first kappa shape index (κ1) is 17.3. The van der Waals surface area contributed by atoms with Gasteiger partial charge in [-0.05, 0) is 43.9 Å². The molecule has 23 heavy (non-hydrogen) atoms. The van der Waals surface area contributed by atoms with Crippen LogP contribution in [0, 0.1) is 0 Å². The van der Waals surface area contributed by atoms with Crippen molar-refractivity contribution in [1.29, 1.82) is 0 Å². The van der Waals surface area contributed by atoms with Gasteiger partial charge in [0.15, 0.2) is 0 Å². The Kier molecular flexibility index (Phi) is 6.44. The Labute approximate surface area is 142 Å². The summed E-state index contributed by atoms with van der Waals surface area (Å²) in [7, 11) is 4.02. The van der Waals surface area contributed by atoms with Crippen molar-refractivity contribution in [2.24, 2.45) is 0 Å². The molecule has 122 valence electrons. The quantitative estimate of drug-likeness (QED) is 0.846. The lowest BCUT2D eigenvalue weighted by molar-refractivity contribution is 0.0951. The van der Waals surface area contributed by atoms with E-state index in [9.17, 15) is 4.79 Å². The van der Waals surface area contributed by atoms with Crippen molar-refractivity contribution in [2.75, 3.05) is 27.2 Å². The highest BCUT2D eigenvalue weighted by Crippen LogP contribution is 2.15. The summed E-state index contributed by atoms with van der Waals surface area (Å²) in [6.07, 6.45) is 0. The molecule has 0 bridgehead atoms. The fourth-order valence-electron chi connectivity index (χ4n) is 1.97. The molecule has 2 aromatic carbocycles. The van der Waals surface area contributed by atoms with Gasteiger partial charge in [0.05, 0.1) is 10.6 Å². The molecule has 4 nitrogen and oxygen atoms in total. The zero-order valence-corrected chi connectivity index (χ0v) is 14.1. The van der Waals surface area contributed by atoms with Crippen LogP contribution in [0.3, 0.4) is 0 Å². The number of amides is 1. The van der Waals surface area contributed by atoms with Crippen molar-refractivity contribution < 1.29 is 9.53 Å². The Hall–Kier alpha value is -2.04. The van der Waals surface area contributed by atoms with Crippen LogP contribution in [0.15, 0.2) is 48.5 Å². The lowest BCUT2D eigenvalue weighted by Gasteiger charge is -2.11. The van der Waals surface area contributed by atoms with Crippen molar-refractivity contribution in [2.45, 2.75) is 6.54 Å². The van der Waals surface area contributed by atoms with Crippen molar-refractivity contribution in [3.63, 3.8) is 0 Å². The van der Waals surface area contributed by atoms with Gasteiger partial charge in [0.1, 0.15) is 12.4 Å². The van der Waals surface area contributed by atoms with Crippen LogP contribution in [0.4, 0.5) is 0 Å². The third-order valence-electron chi connectivity index (χ3n) is 3.30. The molecule has 0 unspecified atom stereocenters. The van der Waals surface area contributed by atoms with Gasteiger partial charge < -0.3 is 15.0 Å². The first-order chi connectivity index (χ1) is 11.1. The van der Waals surface area contributed by atoms with Crippen molar-refractivity contribution >= 4 is 17.5 Å². The molecule has 1 amide bonds. The first-order valence-corrected chi connectivity index (χ1v) is 7.83. The molecule has 0 radical (unpaired) electrons. The summed E-state index contributed by atoms with van der Waals surface area (Å²) in [4.78, 5) is 14.2. The van der Waals surface area contributed by atoms with Gasteiger partial charge in [-0.3, -0.25) is 4.79 Å². The minimum Gasteiger partial charge on any atom is -0.492 e. The molecule has 2 aromatic rings. The molecule has 5 heteroatoms. The van der Waals surface area contributed by atoms with Gasteiger partial charge in [-0.25, -0.2) is 0 Å². The van der Waals surface area contributed by atoms with Gasteiger partial charge in [-0.1, -0.05) is 35.9 Å². The number of nitrogens with zero attached hydrogens (tertiary/aromatic N) is 1. The van der Waals surface area contributed by atoms with Crippen LogP contribution in [0.1, 0.15) is 15.9 Å². The second-order valence-corrected chi connectivity index (χ2v) is 5.87. The molecule has 0 saturated heterocycles. The van der Waals surface area contributed by atoms with E-state index in [1.807, 2.05) is 38.4 Å². The van der Waals surface area contributed by atoms with E-state index in [0.29, 0.717) is 23.7 Å². The topological polar surface area (TPSA) is 41.6 Å². The minimum atomic E-state index is -0.179. The predicted molar refractivity (Wildman–Crippen MR) is 93.1 cm³/mol. The van der Waals surface area contributed by atoms with Gasteiger partial charge in [0, 0.05) is 13.1 Å². The Morgan fingerprint density at radius 2 is 1.83 bits per heavy atom. The zero-order chi connectivity index (χ0) is 16.7. The Bertz CT molecular complexity index is 642. The Morgan fingerprint density at radius 3 is 2.48 bits per heavy atom. The number of benzene rings is 2. The van der Waals surface area contributed by atoms with E-state index in [0.717, 1.165) is 17.9 Å². The SMILES string of the molecule is CN(C)CCOc1ccc(CNC(=O)c2ccccc2Cl)cc1.